The Morgan fingerprint density at radius 3 is 2.23 bits per heavy atom. The van der Waals surface area contributed by atoms with Gasteiger partial charge in [0.2, 0.25) is 0 Å². The topological polar surface area (TPSA) is 59.1 Å². The molecule has 3 aromatic rings. The van der Waals surface area contributed by atoms with Crippen LogP contribution >= 0.6 is 0 Å². The third-order valence-electron chi connectivity index (χ3n) is 3.94. The van der Waals surface area contributed by atoms with E-state index in [4.69, 9.17) is 0 Å². The summed E-state index contributed by atoms with van der Waals surface area (Å²) >= 11 is 0. The molecule has 0 amide bonds. The van der Waals surface area contributed by atoms with Crippen molar-refractivity contribution in [3.63, 3.8) is 0 Å². The summed E-state index contributed by atoms with van der Waals surface area (Å²) in [7, 11) is -3.96. The van der Waals surface area contributed by atoms with Gasteiger partial charge in [-0.05, 0) is 66.9 Å². The molecule has 0 aliphatic heterocycles. The smallest absolute Gasteiger partial charge is 0.263 e. The molecular formula is C19H16F2N2O2S. The molecule has 2 aromatic carbocycles. The number of benzene rings is 2. The van der Waals surface area contributed by atoms with Gasteiger partial charge in [0.15, 0.2) is 0 Å². The Hall–Kier alpha value is -2.80. The van der Waals surface area contributed by atoms with Crippen molar-refractivity contribution in [3.05, 3.63) is 77.5 Å². The Morgan fingerprint density at radius 2 is 1.58 bits per heavy atom. The van der Waals surface area contributed by atoms with Crippen molar-refractivity contribution < 1.29 is 17.2 Å². The molecule has 0 aliphatic carbocycles. The minimum absolute atomic E-state index is 0.108. The van der Waals surface area contributed by atoms with Gasteiger partial charge in [-0.3, -0.25) is 4.72 Å². The van der Waals surface area contributed by atoms with E-state index in [1.807, 2.05) is 0 Å². The number of rotatable bonds is 4. The van der Waals surface area contributed by atoms with Crippen LogP contribution in [0.2, 0.25) is 0 Å². The van der Waals surface area contributed by atoms with Gasteiger partial charge in [0.25, 0.3) is 10.0 Å². The summed E-state index contributed by atoms with van der Waals surface area (Å²) in [6.07, 6.45) is 1.50. The molecule has 0 aliphatic rings. The maximum Gasteiger partial charge on any atom is 0.263 e. The van der Waals surface area contributed by atoms with Gasteiger partial charge in [0, 0.05) is 11.8 Å². The molecule has 1 aromatic heterocycles. The molecule has 7 heteroatoms. The average Bonchev–Trinajstić information content (AvgIpc) is 2.58. The SMILES string of the molecule is Cc1cc(F)ccc1-c1ccc(NS(=O)(=O)c2cc(F)ccc2C)nc1. The van der Waals surface area contributed by atoms with Crippen molar-refractivity contribution >= 4 is 15.8 Å². The summed E-state index contributed by atoms with van der Waals surface area (Å²) in [6.45, 7) is 3.36. The Kier molecular flexibility index (Phi) is 4.73. The fraction of sp³-hybridized carbons (Fsp3) is 0.105. The summed E-state index contributed by atoms with van der Waals surface area (Å²) in [6, 6.07) is 11.2. The standard InChI is InChI=1S/C19H16F2N2O2S/c1-12-3-5-16(21)10-18(12)26(24,25)23-19-8-4-14(11-22-19)17-7-6-15(20)9-13(17)2/h3-11H,1-2H3,(H,22,23). The largest absolute Gasteiger partial charge is 0.263 e. The monoisotopic (exact) mass is 374 g/mol. The van der Waals surface area contributed by atoms with Crippen molar-refractivity contribution in [2.45, 2.75) is 18.7 Å². The minimum atomic E-state index is -3.96. The molecule has 0 unspecified atom stereocenters. The van der Waals surface area contributed by atoms with Gasteiger partial charge in [0.05, 0.1) is 4.90 Å². The van der Waals surface area contributed by atoms with Crippen LogP contribution in [-0.4, -0.2) is 13.4 Å². The van der Waals surface area contributed by atoms with Crippen LogP contribution in [0.25, 0.3) is 11.1 Å². The molecule has 1 N–H and O–H groups in total. The lowest BCUT2D eigenvalue weighted by molar-refractivity contribution is 0.594. The molecule has 0 fully saturated rings. The number of aryl methyl sites for hydroxylation is 2. The third kappa shape index (κ3) is 3.72. The molecule has 0 bridgehead atoms. The van der Waals surface area contributed by atoms with Gasteiger partial charge in [-0.15, -0.1) is 0 Å². The predicted octanol–water partition coefficient (Wildman–Crippen LogP) is 4.44. The fourth-order valence-electron chi connectivity index (χ4n) is 2.62. The Balaban J connectivity index is 1.88. The zero-order valence-corrected chi connectivity index (χ0v) is 14.9. The lowest BCUT2D eigenvalue weighted by atomic mass is 10.0. The molecule has 0 atom stereocenters. The van der Waals surface area contributed by atoms with Crippen LogP contribution in [0.3, 0.4) is 0 Å². The summed E-state index contributed by atoms with van der Waals surface area (Å²) < 4.78 is 53.9. The van der Waals surface area contributed by atoms with Crippen LogP contribution in [0.5, 0.6) is 0 Å². The maximum atomic E-state index is 13.4. The lowest BCUT2D eigenvalue weighted by Crippen LogP contribution is -2.15. The first-order chi connectivity index (χ1) is 12.3. The highest BCUT2D eigenvalue weighted by Crippen LogP contribution is 2.25. The van der Waals surface area contributed by atoms with Gasteiger partial charge in [-0.25, -0.2) is 22.2 Å². The summed E-state index contributed by atoms with van der Waals surface area (Å²) in [5.74, 6) is -0.850. The first kappa shape index (κ1) is 18.0. The highest BCUT2D eigenvalue weighted by atomic mass is 32.2. The highest BCUT2D eigenvalue weighted by Gasteiger charge is 2.18. The van der Waals surface area contributed by atoms with Crippen molar-refractivity contribution in [3.8, 4) is 11.1 Å². The lowest BCUT2D eigenvalue weighted by Gasteiger charge is -2.11. The first-order valence-corrected chi connectivity index (χ1v) is 9.26. The third-order valence-corrected chi connectivity index (χ3v) is 5.44. The van der Waals surface area contributed by atoms with E-state index in [1.165, 1.54) is 36.5 Å². The number of anilines is 1. The van der Waals surface area contributed by atoms with E-state index in [2.05, 4.69) is 9.71 Å². The van der Waals surface area contributed by atoms with E-state index in [1.54, 1.807) is 26.0 Å². The van der Waals surface area contributed by atoms with Crippen LogP contribution in [0.1, 0.15) is 11.1 Å². The second-order valence-electron chi connectivity index (χ2n) is 5.91. The molecule has 26 heavy (non-hydrogen) atoms. The zero-order valence-electron chi connectivity index (χ0n) is 14.1. The average molecular weight is 374 g/mol. The van der Waals surface area contributed by atoms with E-state index >= 15 is 0 Å². The predicted molar refractivity (Wildman–Crippen MR) is 96.3 cm³/mol. The number of nitrogens with one attached hydrogen (secondary N) is 1. The van der Waals surface area contributed by atoms with Crippen LogP contribution in [0.15, 0.2) is 59.6 Å². The molecule has 0 radical (unpaired) electrons. The van der Waals surface area contributed by atoms with E-state index < -0.39 is 15.8 Å². The van der Waals surface area contributed by atoms with Crippen molar-refractivity contribution in [1.29, 1.82) is 0 Å². The van der Waals surface area contributed by atoms with Gasteiger partial charge in [-0.2, -0.15) is 0 Å². The second-order valence-corrected chi connectivity index (χ2v) is 7.56. The van der Waals surface area contributed by atoms with Crippen LogP contribution in [-0.2, 0) is 10.0 Å². The Labute approximate surface area is 150 Å². The fourth-order valence-corrected chi connectivity index (χ4v) is 3.89. The highest BCUT2D eigenvalue weighted by molar-refractivity contribution is 7.92. The molecular weight excluding hydrogens is 358 g/mol. The first-order valence-electron chi connectivity index (χ1n) is 7.78. The summed E-state index contributed by atoms with van der Waals surface area (Å²) in [4.78, 5) is 3.96. The number of pyridine rings is 1. The Morgan fingerprint density at radius 1 is 0.885 bits per heavy atom. The Bertz CT molecular complexity index is 1070. The van der Waals surface area contributed by atoms with Crippen LogP contribution in [0, 0.1) is 25.5 Å². The summed E-state index contributed by atoms with van der Waals surface area (Å²) in [5, 5.41) is 0. The number of hydrogen-bond acceptors (Lipinski definition) is 3. The van der Waals surface area contributed by atoms with Gasteiger partial charge in [0.1, 0.15) is 17.5 Å². The van der Waals surface area contributed by atoms with Gasteiger partial charge < -0.3 is 0 Å². The van der Waals surface area contributed by atoms with E-state index in [-0.39, 0.29) is 16.5 Å². The van der Waals surface area contributed by atoms with E-state index in [9.17, 15) is 17.2 Å². The normalized spacial score (nSPS) is 11.4. The second kappa shape index (κ2) is 6.84. The number of halogens is 2. The molecule has 0 saturated heterocycles. The molecule has 4 nitrogen and oxygen atoms in total. The van der Waals surface area contributed by atoms with Gasteiger partial charge in [-0.1, -0.05) is 12.1 Å². The molecule has 3 rings (SSSR count). The molecule has 0 spiro atoms. The van der Waals surface area contributed by atoms with Crippen LogP contribution < -0.4 is 4.72 Å². The molecule has 0 saturated carbocycles. The number of hydrogen-bond donors (Lipinski definition) is 1. The van der Waals surface area contributed by atoms with Crippen molar-refractivity contribution in [2.24, 2.45) is 0 Å². The molecule has 134 valence electrons. The maximum absolute atomic E-state index is 13.4. The number of sulfonamides is 1. The van der Waals surface area contributed by atoms with E-state index in [0.717, 1.165) is 22.8 Å². The summed E-state index contributed by atoms with van der Waals surface area (Å²) in [5.41, 5.74) is 2.70. The number of aromatic nitrogens is 1. The quantitative estimate of drug-likeness (QED) is 0.734. The minimum Gasteiger partial charge on any atom is -0.263 e. The van der Waals surface area contributed by atoms with Crippen molar-refractivity contribution in [2.75, 3.05) is 4.72 Å². The van der Waals surface area contributed by atoms with Crippen molar-refractivity contribution in [1.82, 2.24) is 4.98 Å². The zero-order chi connectivity index (χ0) is 18.9. The van der Waals surface area contributed by atoms with E-state index in [0.29, 0.717) is 5.56 Å². The van der Waals surface area contributed by atoms with Gasteiger partial charge >= 0.3 is 0 Å². The van der Waals surface area contributed by atoms with Crippen LogP contribution in [0.4, 0.5) is 14.6 Å². The number of nitrogens with zero attached hydrogens (tertiary/aromatic N) is 1. The molecule has 1 heterocycles.